The topological polar surface area (TPSA) is 113 Å². The summed E-state index contributed by atoms with van der Waals surface area (Å²) in [5, 5.41) is 20.5. The van der Waals surface area contributed by atoms with Crippen molar-refractivity contribution >= 4 is 35.0 Å². The highest BCUT2D eigenvalue weighted by molar-refractivity contribution is 6.46. The Morgan fingerprint density at radius 1 is 1.03 bits per heavy atom. The van der Waals surface area contributed by atoms with Crippen molar-refractivity contribution < 1.29 is 34.1 Å². The van der Waals surface area contributed by atoms with Crippen LogP contribution >= 0.6 is 11.6 Å². The number of amides is 1. The van der Waals surface area contributed by atoms with E-state index in [-0.39, 0.29) is 11.1 Å². The molecule has 1 aliphatic heterocycles. The maximum atomic E-state index is 12.8. The molecule has 0 aromatic heterocycles. The standard InChI is InChI=1S/C21H18ClNO7/c1-29-14-8-5-12(9-15(14)30-2)18-17(19(26)11-3-6-13(22)7-4-11)20(27)21(28)23(18)10-16(24)25/h3-9,18,26H,10H2,1-2H3,(H,24,25)/t18-/m0/s1. The summed E-state index contributed by atoms with van der Waals surface area (Å²) < 4.78 is 10.5. The Balaban J connectivity index is 2.22. The van der Waals surface area contributed by atoms with Crippen LogP contribution in [0.4, 0.5) is 0 Å². The van der Waals surface area contributed by atoms with Crippen molar-refractivity contribution in [2.45, 2.75) is 6.04 Å². The van der Waals surface area contributed by atoms with E-state index in [1.165, 1.54) is 44.6 Å². The monoisotopic (exact) mass is 431 g/mol. The van der Waals surface area contributed by atoms with Crippen LogP contribution in [0, 0.1) is 0 Å². The van der Waals surface area contributed by atoms with Crippen molar-refractivity contribution in [3.63, 3.8) is 0 Å². The van der Waals surface area contributed by atoms with Gasteiger partial charge in [-0.1, -0.05) is 17.7 Å². The average molecular weight is 432 g/mol. The Labute approximate surface area is 176 Å². The van der Waals surface area contributed by atoms with Crippen molar-refractivity contribution in [3.05, 3.63) is 64.2 Å². The van der Waals surface area contributed by atoms with E-state index < -0.39 is 36.0 Å². The van der Waals surface area contributed by atoms with Gasteiger partial charge < -0.3 is 24.6 Å². The number of carbonyl (C=O) groups excluding carboxylic acids is 2. The molecule has 0 radical (unpaired) electrons. The minimum absolute atomic E-state index is 0.226. The van der Waals surface area contributed by atoms with Crippen molar-refractivity contribution in [2.24, 2.45) is 0 Å². The third-order valence-electron chi connectivity index (χ3n) is 4.69. The van der Waals surface area contributed by atoms with Crippen LogP contribution in [-0.2, 0) is 14.4 Å². The summed E-state index contributed by atoms with van der Waals surface area (Å²) in [5.41, 5.74) is 0.414. The molecule has 30 heavy (non-hydrogen) atoms. The average Bonchev–Trinajstić information content (AvgIpc) is 2.97. The van der Waals surface area contributed by atoms with E-state index in [2.05, 4.69) is 0 Å². The number of hydrogen-bond acceptors (Lipinski definition) is 6. The van der Waals surface area contributed by atoms with Gasteiger partial charge in [0.05, 0.1) is 25.8 Å². The SMILES string of the molecule is COc1ccc([C@H]2C(=C(O)c3ccc(Cl)cc3)C(=O)C(=O)N2CC(=O)O)cc1OC. The van der Waals surface area contributed by atoms with Crippen LogP contribution in [0.5, 0.6) is 11.5 Å². The van der Waals surface area contributed by atoms with Crippen molar-refractivity contribution in [2.75, 3.05) is 20.8 Å². The number of carbonyl (C=O) groups is 3. The first-order valence-corrected chi connectivity index (χ1v) is 9.14. The van der Waals surface area contributed by atoms with Gasteiger partial charge >= 0.3 is 5.97 Å². The first kappa shape index (κ1) is 21.2. The van der Waals surface area contributed by atoms with Gasteiger partial charge in [-0.25, -0.2) is 0 Å². The number of rotatable bonds is 6. The summed E-state index contributed by atoms with van der Waals surface area (Å²) in [4.78, 5) is 37.6. The van der Waals surface area contributed by atoms with E-state index in [0.717, 1.165) is 4.90 Å². The number of aliphatic carboxylic acids is 1. The number of carboxylic acids is 1. The smallest absolute Gasteiger partial charge is 0.323 e. The molecule has 1 amide bonds. The van der Waals surface area contributed by atoms with Gasteiger partial charge in [-0.3, -0.25) is 14.4 Å². The highest BCUT2D eigenvalue weighted by Gasteiger charge is 2.47. The molecule has 8 nitrogen and oxygen atoms in total. The lowest BCUT2D eigenvalue weighted by Crippen LogP contribution is -2.34. The zero-order valence-corrected chi connectivity index (χ0v) is 16.8. The number of Topliss-reactive ketones (excluding diaryl/α,β-unsaturated/α-hetero) is 1. The number of aliphatic hydroxyl groups excluding tert-OH is 1. The quantitative estimate of drug-likeness (QED) is 0.410. The Morgan fingerprint density at radius 2 is 1.67 bits per heavy atom. The van der Waals surface area contributed by atoms with Crippen LogP contribution < -0.4 is 9.47 Å². The Hall–Kier alpha value is -3.52. The Bertz CT molecular complexity index is 1050. The second kappa shape index (κ2) is 8.46. The number of aliphatic hydroxyl groups is 1. The molecular formula is C21H18ClNO7. The van der Waals surface area contributed by atoms with Crippen molar-refractivity contribution in [1.82, 2.24) is 4.90 Å². The zero-order chi connectivity index (χ0) is 22.0. The number of halogens is 1. The molecule has 0 spiro atoms. The largest absolute Gasteiger partial charge is 0.507 e. The van der Waals surface area contributed by atoms with Crippen molar-refractivity contribution in [3.8, 4) is 11.5 Å². The molecule has 1 atom stereocenters. The van der Waals surface area contributed by atoms with Crippen LogP contribution in [0.25, 0.3) is 5.76 Å². The van der Waals surface area contributed by atoms with Crippen LogP contribution in [0.3, 0.4) is 0 Å². The van der Waals surface area contributed by atoms with Gasteiger partial charge in [0.1, 0.15) is 12.3 Å². The van der Waals surface area contributed by atoms with E-state index in [0.29, 0.717) is 22.1 Å². The normalized spacial score (nSPS) is 17.8. The molecule has 1 aliphatic rings. The predicted octanol–water partition coefficient (Wildman–Crippen LogP) is 2.86. The molecule has 2 N–H and O–H groups in total. The lowest BCUT2D eigenvalue weighted by atomic mass is 9.95. The molecule has 1 fully saturated rings. The Morgan fingerprint density at radius 3 is 2.23 bits per heavy atom. The summed E-state index contributed by atoms with van der Waals surface area (Å²) in [6.45, 7) is -0.721. The number of nitrogens with zero attached hydrogens (tertiary/aromatic N) is 1. The van der Waals surface area contributed by atoms with Gasteiger partial charge in [-0.2, -0.15) is 0 Å². The molecule has 0 aliphatic carbocycles. The number of hydrogen-bond donors (Lipinski definition) is 2. The molecule has 2 aromatic rings. The summed E-state index contributed by atoms with van der Waals surface area (Å²) >= 11 is 5.88. The second-order valence-corrected chi connectivity index (χ2v) is 6.88. The zero-order valence-electron chi connectivity index (χ0n) is 16.1. The minimum Gasteiger partial charge on any atom is -0.507 e. The fourth-order valence-corrected chi connectivity index (χ4v) is 3.45. The lowest BCUT2D eigenvalue weighted by Gasteiger charge is -2.24. The van der Waals surface area contributed by atoms with Crippen molar-refractivity contribution in [1.29, 1.82) is 0 Å². The van der Waals surface area contributed by atoms with Crippen LogP contribution in [0.15, 0.2) is 48.0 Å². The van der Waals surface area contributed by atoms with Crippen LogP contribution in [0.1, 0.15) is 17.2 Å². The second-order valence-electron chi connectivity index (χ2n) is 6.44. The highest BCUT2D eigenvalue weighted by Crippen LogP contribution is 2.41. The molecule has 2 aromatic carbocycles. The van der Waals surface area contributed by atoms with Crippen LogP contribution in [-0.4, -0.2) is 53.5 Å². The third-order valence-corrected chi connectivity index (χ3v) is 4.94. The minimum atomic E-state index is -1.30. The molecular weight excluding hydrogens is 414 g/mol. The molecule has 156 valence electrons. The molecule has 1 heterocycles. The van der Waals surface area contributed by atoms with Gasteiger partial charge in [-0.05, 0) is 42.0 Å². The van der Waals surface area contributed by atoms with Gasteiger partial charge in [0.2, 0.25) is 0 Å². The number of ether oxygens (including phenoxy) is 2. The van der Waals surface area contributed by atoms with Crippen LogP contribution in [0.2, 0.25) is 5.02 Å². The maximum absolute atomic E-state index is 12.8. The van der Waals surface area contributed by atoms with Gasteiger partial charge in [0, 0.05) is 10.6 Å². The molecule has 3 rings (SSSR count). The summed E-state index contributed by atoms with van der Waals surface area (Å²) in [7, 11) is 2.87. The van der Waals surface area contributed by atoms with E-state index in [9.17, 15) is 24.6 Å². The summed E-state index contributed by atoms with van der Waals surface area (Å²) in [6, 6.07) is 9.57. The number of carboxylic acid groups (broad SMARTS) is 1. The third kappa shape index (κ3) is 3.81. The van der Waals surface area contributed by atoms with E-state index in [4.69, 9.17) is 21.1 Å². The fourth-order valence-electron chi connectivity index (χ4n) is 3.32. The first-order chi connectivity index (χ1) is 14.3. The number of ketones is 1. The van der Waals surface area contributed by atoms with E-state index >= 15 is 0 Å². The molecule has 0 unspecified atom stereocenters. The molecule has 1 saturated heterocycles. The molecule has 0 saturated carbocycles. The highest BCUT2D eigenvalue weighted by atomic mass is 35.5. The Kier molecular flexibility index (Phi) is 5.98. The first-order valence-electron chi connectivity index (χ1n) is 8.76. The van der Waals surface area contributed by atoms with Gasteiger partial charge in [0.15, 0.2) is 11.5 Å². The molecule has 0 bridgehead atoms. The lowest BCUT2D eigenvalue weighted by molar-refractivity contribution is -0.146. The van der Waals surface area contributed by atoms with Gasteiger partial charge in [-0.15, -0.1) is 0 Å². The summed E-state index contributed by atoms with van der Waals surface area (Å²) in [5.74, 6) is -3.00. The van der Waals surface area contributed by atoms with E-state index in [1.807, 2.05) is 0 Å². The molecule has 9 heteroatoms. The fraction of sp³-hybridized carbons (Fsp3) is 0.190. The van der Waals surface area contributed by atoms with Gasteiger partial charge in [0.25, 0.3) is 11.7 Å². The predicted molar refractivity (Wildman–Crippen MR) is 108 cm³/mol. The summed E-state index contributed by atoms with van der Waals surface area (Å²) in [6.07, 6.45) is 0. The number of likely N-dealkylation sites (tertiary alicyclic amines) is 1. The number of methoxy groups -OCH3 is 2. The maximum Gasteiger partial charge on any atom is 0.323 e. The number of benzene rings is 2. The van der Waals surface area contributed by atoms with E-state index in [1.54, 1.807) is 12.1 Å².